The van der Waals surface area contributed by atoms with E-state index >= 15 is 0 Å². The molecule has 1 aliphatic rings. The summed E-state index contributed by atoms with van der Waals surface area (Å²) in [5.74, 6) is -0.0609. The highest BCUT2D eigenvalue weighted by Gasteiger charge is 2.30. The normalized spacial score (nSPS) is 17.8. The molecular formula is C16H19ClN2OS. The first-order valence-electron chi connectivity index (χ1n) is 7.29. The number of carbonyl (C=O) groups is 1. The third-order valence-corrected chi connectivity index (χ3v) is 5.67. The van der Waals surface area contributed by atoms with Crippen LogP contribution in [0, 0.1) is 0 Å². The van der Waals surface area contributed by atoms with Crippen LogP contribution in [-0.2, 0) is 0 Å². The van der Waals surface area contributed by atoms with Crippen molar-refractivity contribution in [3.8, 4) is 0 Å². The number of halogens is 1. The van der Waals surface area contributed by atoms with Crippen molar-refractivity contribution in [1.29, 1.82) is 0 Å². The maximum atomic E-state index is 12.6. The van der Waals surface area contributed by atoms with Crippen LogP contribution in [0.2, 0.25) is 5.02 Å². The van der Waals surface area contributed by atoms with Gasteiger partial charge in [-0.1, -0.05) is 30.9 Å². The van der Waals surface area contributed by atoms with Crippen LogP contribution in [0.15, 0.2) is 18.2 Å². The number of benzene rings is 1. The number of rotatable bonds is 2. The van der Waals surface area contributed by atoms with Crippen LogP contribution in [0.3, 0.4) is 0 Å². The van der Waals surface area contributed by atoms with Crippen LogP contribution >= 0.6 is 22.9 Å². The Morgan fingerprint density at radius 3 is 2.76 bits per heavy atom. The van der Waals surface area contributed by atoms with E-state index in [0.29, 0.717) is 15.6 Å². The van der Waals surface area contributed by atoms with Gasteiger partial charge in [0.15, 0.2) is 0 Å². The maximum absolute atomic E-state index is 12.6. The van der Waals surface area contributed by atoms with Crippen LogP contribution in [0.4, 0.5) is 5.69 Å². The van der Waals surface area contributed by atoms with Crippen molar-refractivity contribution >= 4 is 44.6 Å². The van der Waals surface area contributed by atoms with E-state index in [1.54, 1.807) is 6.07 Å². The minimum atomic E-state index is -0.102. The van der Waals surface area contributed by atoms with Gasteiger partial charge in [0.2, 0.25) is 0 Å². The number of nitrogens with one attached hydrogen (secondary N) is 1. The first kappa shape index (κ1) is 14.7. The van der Waals surface area contributed by atoms with Crippen molar-refractivity contribution in [2.45, 2.75) is 44.6 Å². The molecule has 3 nitrogen and oxygen atoms in total. The number of hydrogen-bond donors (Lipinski definition) is 2. The van der Waals surface area contributed by atoms with Gasteiger partial charge in [0.1, 0.15) is 4.88 Å². The molecule has 1 aliphatic carbocycles. The second-order valence-electron chi connectivity index (χ2n) is 6.06. The summed E-state index contributed by atoms with van der Waals surface area (Å²) in [4.78, 5) is 13.2. The summed E-state index contributed by atoms with van der Waals surface area (Å²) in [6, 6.07) is 5.54. The van der Waals surface area contributed by atoms with Gasteiger partial charge in [-0.15, -0.1) is 11.3 Å². The summed E-state index contributed by atoms with van der Waals surface area (Å²) in [7, 11) is 0. The summed E-state index contributed by atoms with van der Waals surface area (Å²) in [6.45, 7) is 2.13. The van der Waals surface area contributed by atoms with E-state index in [-0.39, 0.29) is 11.4 Å². The van der Waals surface area contributed by atoms with Crippen molar-refractivity contribution in [3.63, 3.8) is 0 Å². The Bertz CT molecular complexity index is 689. The smallest absolute Gasteiger partial charge is 0.263 e. The van der Waals surface area contributed by atoms with Gasteiger partial charge >= 0.3 is 0 Å². The fraction of sp³-hybridized carbons (Fsp3) is 0.438. The average Bonchev–Trinajstić information content (AvgIpc) is 2.76. The number of fused-ring (bicyclic) bond motifs is 1. The molecule has 21 heavy (non-hydrogen) atoms. The standard InChI is InChI=1S/C16H19ClN2OS/c1-16(7-3-2-4-8-16)19-15(20)14-13(18)11-6-5-10(17)9-12(11)21-14/h5-6,9H,2-4,7-8,18H2,1H3,(H,19,20). The molecule has 0 unspecified atom stereocenters. The van der Waals surface area contributed by atoms with Crippen molar-refractivity contribution in [2.24, 2.45) is 0 Å². The van der Waals surface area contributed by atoms with Gasteiger partial charge < -0.3 is 11.1 Å². The topological polar surface area (TPSA) is 55.1 Å². The van der Waals surface area contributed by atoms with E-state index in [0.717, 1.165) is 22.9 Å². The Labute approximate surface area is 133 Å². The van der Waals surface area contributed by atoms with Gasteiger partial charge in [-0.25, -0.2) is 0 Å². The summed E-state index contributed by atoms with van der Waals surface area (Å²) in [5, 5.41) is 4.75. The molecule has 2 aromatic rings. The lowest BCUT2D eigenvalue weighted by Crippen LogP contribution is -2.47. The number of carbonyl (C=O) groups excluding carboxylic acids is 1. The summed E-state index contributed by atoms with van der Waals surface area (Å²) >= 11 is 7.41. The zero-order valence-corrected chi connectivity index (χ0v) is 13.6. The minimum absolute atomic E-state index is 0.0609. The first-order valence-corrected chi connectivity index (χ1v) is 8.48. The van der Waals surface area contributed by atoms with E-state index in [1.807, 2.05) is 12.1 Å². The fourth-order valence-corrected chi connectivity index (χ4v) is 4.34. The van der Waals surface area contributed by atoms with Crippen LogP contribution in [0.1, 0.15) is 48.7 Å². The van der Waals surface area contributed by atoms with Crippen LogP contribution in [-0.4, -0.2) is 11.4 Å². The molecule has 0 radical (unpaired) electrons. The first-order chi connectivity index (χ1) is 9.98. The van der Waals surface area contributed by atoms with Gasteiger partial charge in [-0.05, 0) is 38.0 Å². The maximum Gasteiger partial charge on any atom is 0.263 e. The SMILES string of the molecule is CC1(NC(=O)c2sc3cc(Cl)ccc3c2N)CCCCC1. The van der Waals surface area contributed by atoms with E-state index in [9.17, 15) is 4.79 Å². The molecule has 1 heterocycles. The molecule has 0 atom stereocenters. The van der Waals surface area contributed by atoms with Crippen molar-refractivity contribution in [1.82, 2.24) is 5.32 Å². The zero-order valence-electron chi connectivity index (χ0n) is 12.0. The van der Waals surface area contributed by atoms with Crippen LogP contribution in [0.25, 0.3) is 10.1 Å². The molecule has 5 heteroatoms. The summed E-state index contributed by atoms with van der Waals surface area (Å²) in [6.07, 6.45) is 5.68. The predicted molar refractivity (Wildman–Crippen MR) is 90.2 cm³/mol. The molecule has 3 rings (SSSR count). The molecule has 1 aromatic carbocycles. The van der Waals surface area contributed by atoms with E-state index < -0.39 is 0 Å². The largest absolute Gasteiger partial charge is 0.397 e. The van der Waals surface area contributed by atoms with E-state index in [2.05, 4.69) is 12.2 Å². The lowest BCUT2D eigenvalue weighted by molar-refractivity contribution is 0.0888. The van der Waals surface area contributed by atoms with Gasteiger partial charge in [0.25, 0.3) is 5.91 Å². The number of amides is 1. The van der Waals surface area contributed by atoms with E-state index in [4.69, 9.17) is 17.3 Å². The molecular weight excluding hydrogens is 304 g/mol. The Balaban J connectivity index is 1.89. The van der Waals surface area contributed by atoms with E-state index in [1.165, 1.54) is 30.6 Å². The van der Waals surface area contributed by atoms with Crippen LogP contribution in [0.5, 0.6) is 0 Å². The highest BCUT2D eigenvalue weighted by atomic mass is 35.5. The van der Waals surface area contributed by atoms with Gasteiger partial charge in [-0.3, -0.25) is 4.79 Å². The predicted octanol–water partition coefficient (Wildman–Crippen LogP) is 4.59. The molecule has 112 valence electrons. The third-order valence-electron chi connectivity index (χ3n) is 4.27. The molecule has 1 aromatic heterocycles. The number of nitrogen functional groups attached to an aromatic ring is 1. The molecule has 1 amide bonds. The molecule has 0 bridgehead atoms. The number of hydrogen-bond acceptors (Lipinski definition) is 3. The highest BCUT2D eigenvalue weighted by molar-refractivity contribution is 7.21. The summed E-state index contributed by atoms with van der Waals surface area (Å²) in [5.41, 5.74) is 6.60. The van der Waals surface area contributed by atoms with Crippen LogP contribution < -0.4 is 11.1 Å². The molecule has 1 fully saturated rings. The number of thiophene rings is 1. The fourth-order valence-electron chi connectivity index (χ4n) is 3.05. The molecule has 0 saturated heterocycles. The lowest BCUT2D eigenvalue weighted by atomic mass is 9.83. The second-order valence-corrected chi connectivity index (χ2v) is 7.55. The minimum Gasteiger partial charge on any atom is -0.397 e. The number of anilines is 1. The van der Waals surface area contributed by atoms with Crippen molar-refractivity contribution < 1.29 is 4.79 Å². The molecule has 0 aliphatic heterocycles. The van der Waals surface area contributed by atoms with Gasteiger partial charge in [0, 0.05) is 20.6 Å². The van der Waals surface area contributed by atoms with Crippen molar-refractivity contribution in [2.75, 3.05) is 5.73 Å². The quantitative estimate of drug-likeness (QED) is 0.849. The lowest BCUT2D eigenvalue weighted by Gasteiger charge is -2.34. The Hall–Kier alpha value is -1.26. The Kier molecular flexibility index (Phi) is 3.84. The zero-order chi connectivity index (χ0) is 15.0. The molecule has 1 saturated carbocycles. The average molecular weight is 323 g/mol. The Morgan fingerprint density at radius 1 is 1.33 bits per heavy atom. The third kappa shape index (κ3) is 2.87. The molecule has 0 spiro atoms. The molecule has 3 N–H and O–H groups in total. The number of nitrogens with two attached hydrogens (primary N) is 1. The highest BCUT2D eigenvalue weighted by Crippen LogP contribution is 2.36. The van der Waals surface area contributed by atoms with Gasteiger partial charge in [-0.2, -0.15) is 0 Å². The Morgan fingerprint density at radius 2 is 2.05 bits per heavy atom. The monoisotopic (exact) mass is 322 g/mol. The van der Waals surface area contributed by atoms with Crippen molar-refractivity contribution in [3.05, 3.63) is 28.1 Å². The van der Waals surface area contributed by atoms with Gasteiger partial charge in [0.05, 0.1) is 5.69 Å². The second kappa shape index (κ2) is 5.50. The summed E-state index contributed by atoms with van der Waals surface area (Å²) < 4.78 is 0.957.